The minimum absolute atomic E-state index is 0.0683. The number of hydrogen-bond acceptors (Lipinski definition) is 3. The topological polar surface area (TPSA) is 69.6 Å². The molecule has 0 saturated carbocycles. The zero-order chi connectivity index (χ0) is 14.4. The van der Waals surface area contributed by atoms with Gasteiger partial charge in [0.25, 0.3) is 0 Å². The number of rotatable bonds is 6. The highest BCUT2D eigenvalue weighted by atomic mass is 32.1. The van der Waals surface area contributed by atoms with Crippen molar-refractivity contribution in [3.8, 4) is 0 Å². The molecule has 1 heterocycles. The van der Waals surface area contributed by atoms with Crippen LogP contribution in [0.25, 0.3) is 0 Å². The number of carbonyl (C=O) groups is 2. The van der Waals surface area contributed by atoms with E-state index in [9.17, 15) is 9.59 Å². The van der Waals surface area contributed by atoms with Crippen molar-refractivity contribution >= 4 is 23.3 Å². The van der Waals surface area contributed by atoms with Gasteiger partial charge < -0.3 is 15.3 Å². The van der Waals surface area contributed by atoms with Crippen LogP contribution in [0.1, 0.15) is 18.7 Å². The van der Waals surface area contributed by atoms with Crippen LogP contribution in [0.15, 0.2) is 17.5 Å². The molecule has 0 saturated heterocycles. The van der Waals surface area contributed by atoms with Gasteiger partial charge in [-0.05, 0) is 18.4 Å². The molecule has 2 amide bonds. The molecule has 19 heavy (non-hydrogen) atoms. The largest absolute Gasteiger partial charge is 0.481 e. The van der Waals surface area contributed by atoms with Gasteiger partial charge in [0.2, 0.25) is 0 Å². The van der Waals surface area contributed by atoms with Crippen LogP contribution in [0.3, 0.4) is 0 Å². The summed E-state index contributed by atoms with van der Waals surface area (Å²) in [6.45, 7) is 3.68. The summed E-state index contributed by atoms with van der Waals surface area (Å²) in [6, 6.07) is 3.86. The molecule has 2 atom stereocenters. The minimum atomic E-state index is -0.908. The van der Waals surface area contributed by atoms with Crippen molar-refractivity contribution < 1.29 is 14.7 Å². The average Bonchev–Trinajstić information content (AvgIpc) is 2.86. The quantitative estimate of drug-likeness (QED) is 0.840. The van der Waals surface area contributed by atoms with Crippen LogP contribution in [0.4, 0.5) is 4.79 Å². The Kier molecular flexibility index (Phi) is 5.82. The third-order valence-corrected chi connectivity index (χ3v) is 3.94. The standard InChI is InChI=1S/C13H20N2O3S/c1-9(12(16)17)8-14-13(18)15(3)10(2)7-11-5-4-6-19-11/h4-6,9-10H,7-8H2,1-3H3,(H,14,18)(H,16,17). The number of thiophene rings is 1. The molecule has 0 aliphatic heterocycles. The third-order valence-electron chi connectivity index (χ3n) is 3.04. The summed E-state index contributed by atoms with van der Waals surface area (Å²) in [4.78, 5) is 25.4. The van der Waals surface area contributed by atoms with Gasteiger partial charge in [0.05, 0.1) is 5.92 Å². The highest BCUT2D eigenvalue weighted by Gasteiger charge is 2.18. The summed E-state index contributed by atoms with van der Waals surface area (Å²) in [5.74, 6) is -1.49. The van der Waals surface area contributed by atoms with Crippen LogP contribution >= 0.6 is 11.3 Å². The fourth-order valence-electron chi connectivity index (χ4n) is 1.51. The van der Waals surface area contributed by atoms with E-state index in [4.69, 9.17) is 5.11 Å². The van der Waals surface area contributed by atoms with Gasteiger partial charge in [-0.1, -0.05) is 13.0 Å². The maximum absolute atomic E-state index is 11.9. The zero-order valence-electron chi connectivity index (χ0n) is 11.4. The number of urea groups is 1. The van der Waals surface area contributed by atoms with E-state index in [1.807, 2.05) is 24.4 Å². The molecule has 0 aliphatic rings. The van der Waals surface area contributed by atoms with Gasteiger partial charge in [0, 0.05) is 30.9 Å². The van der Waals surface area contributed by atoms with Crippen molar-refractivity contribution in [2.45, 2.75) is 26.3 Å². The van der Waals surface area contributed by atoms with E-state index in [2.05, 4.69) is 5.32 Å². The zero-order valence-corrected chi connectivity index (χ0v) is 12.2. The van der Waals surface area contributed by atoms with E-state index >= 15 is 0 Å². The molecule has 5 nitrogen and oxygen atoms in total. The first kappa shape index (κ1) is 15.5. The lowest BCUT2D eigenvalue weighted by Crippen LogP contribution is -2.45. The first-order valence-electron chi connectivity index (χ1n) is 6.17. The molecule has 0 radical (unpaired) electrons. The molecular formula is C13H20N2O3S. The normalized spacial score (nSPS) is 13.6. The van der Waals surface area contributed by atoms with Crippen LogP contribution in [0.5, 0.6) is 0 Å². The van der Waals surface area contributed by atoms with Crippen molar-refractivity contribution in [2.75, 3.05) is 13.6 Å². The summed E-state index contributed by atoms with van der Waals surface area (Å²) in [7, 11) is 1.72. The van der Waals surface area contributed by atoms with Gasteiger partial charge >= 0.3 is 12.0 Å². The van der Waals surface area contributed by atoms with Gasteiger partial charge in [-0.15, -0.1) is 11.3 Å². The van der Waals surface area contributed by atoms with E-state index in [1.54, 1.807) is 30.2 Å². The Bertz CT molecular complexity index is 420. The number of carbonyl (C=O) groups excluding carboxylic acids is 1. The molecule has 0 aromatic carbocycles. The summed E-state index contributed by atoms with van der Waals surface area (Å²) in [5.41, 5.74) is 0. The molecule has 1 aromatic rings. The van der Waals surface area contributed by atoms with Crippen LogP contribution in [0, 0.1) is 5.92 Å². The third kappa shape index (κ3) is 4.90. The highest BCUT2D eigenvalue weighted by molar-refractivity contribution is 7.09. The Morgan fingerprint density at radius 2 is 2.16 bits per heavy atom. The summed E-state index contributed by atoms with van der Waals surface area (Å²) >= 11 is 1.67. The van der Waals surface area contributed by atoms with Gasteiger partial charge in [0.15, 0.2) is 0 Å². The summed E-state index contributed by atoms with van der Waals surface area (Å²) in [6.07, 6.45) is 0.802. The molecule has 0 fully saturated rings. The number of likely N-dealkylation sites (N-methyl/N-ethyl adjacent to an activating group) is 1. The van der Waals surface area contributed by atoms with Crippen LogP contribution < -0.4 is 5.32 Å². The van der Waals surface area contributed by atoms with Crippen molar-refractivity contribution in [3.63, 3.8) is 0 Å². The van der Waals surface area contributed by atoms with Crippen molar-refractivity contribution in [3.05, 3.63) is 22.4 Å². The number of nitrogens with zero attached hydrogens (tertiary/aromatic N) is 1. The van der Waals surface area contributed by atoms with Gasteiger partial charge in [0.1, 0.15) is 0 Å². The second-order valence-corrected chi connectivity index (χ2v) is 5.70. The van der Waals surface area contributed by atoms with Gasteiger partial charge in [-0.2, -0.15) is 0 Å². The number of carboxylic acid groups (broad SMARTS) is 1. The molecule has 2 N–H and O–H groups in total. The number of aliphatic carboxylic acids is 1. The molecular weight excluding hydrogens is 264 g/mol. The Morgan fingerprint density at radius 1 is 1.47 bits per heavy atom. The Hall–Kier alpha value is -1.56. The first-order valence-corrected chi connectivity index (χ1v) is 7.05. The Labute approximate surface area is 117 Å². The fourth-order valence-corrected chi connectivity index (χ4v) is 2.34. The van der Waals surface area contributed by atoms with Gasteiger partial charge in [-0.25, -0.2) is 4.79 Å². The molecule has 6 heteroatoms. The number of hydrogen-bond donors (Lipinski definition) is 2. The lowest BCUT2D eigenvalue weighted by atomic mass is 10.2. The van der Waals surface area contributed by atoms with E-state index < -0.39 is 11.9 Å². The molecule has 0 spiro atoms. The van der Waals surface area contributed by atoms with Gasteiger partial charge in [-0.3, -0.25) is 4.79 Å². The second kappa shape index (κ2) is 7.13. The first-order chi connectivity index (χ1) is 8.91. The SMILES string of the molecule is CC(CNC(=O)N(C)C(C)Cc1cccs1)C(=O)O. The van der Waals surface area contributed by atoms with E-state index in [0.29, 0.717) is 0 Å². The summed E-state index contributed by atoms with van der Waals surface area (Å²) < 4.78 is 0. The smallest absolute Gasteiger partial charge is 0.317 e. The molecule has 1 rings (SSSR count). The lowest BCUT2D eigenvalue weighted by Gasteiger charge is -2.25. The molecule has 2 unspecified atom stereocenters. The molecule has 0 aliphatic carbocycles. The number of amides is 2. The Balaban J connectivity index is 2.41. The van der Waals surface area contributed by atoms with Crippen molar-refractivity contribution in [1.82, 2.24) is 10.2 Å². The minimum Gasteiger partial charge on any atom is -0.481 e. The molecule has 1 aromatic heterocycles. The van der Waals surface area contributed by atoms with E-state index in [-0.39, 0.29) is 18.6 Å². The lowest BCUT2D eigenvalue weighted by molar-refractivity contribution is -0.140. The highest BCUT2D eigenvalue weighted by Crippen LogP contribution is 2.13. The monoisotopic (exact) mass is 284 g/mol. The predicted molar refractivity (Wildman–Crippen MR) is 75.4 cm³/mol. The van der Waals surface area contributed by atoms with Crippen molar-refractivity contribution in [1.29, 1.82) is 0 Å². The van der Waals surface area contributed by atoms with Crippen LogP contribution in [-0.2, 0) is 11.2 Å². The average molecular weight is 284 g/mol. The Morgan fingerprint density at radius 3 is 2.68 bits per heavy atom. The summed E-state index contributed by atoms with van der Waals surface area (Å²) in [5, 5.41) is 13.4. The van der Waals surface area contributed by atoms with E-state index in [1.165, 1.54) is 4.88 Å². The van der Waals surface area contributed by atoms with Crippen LogP contribution in [-0.4, -0.2) is 41.6 Å². The molecule has 0 bridgehead atoms. The van der Waals surface area contributed by atoms with E-state index in [0.717, 1.165) is 6.42 Å². The fraction of sp³-hybridized carbons (Fsp3) is 0.538. The maximum atomic E-state index is 11.9. The number of nitrogens with one attached hydrogen (secondary N) is 1. The van der Waals surface area contributed by atoms with Crippen molar-refractivity contribution in [2.24, 2.45) is 5.92 Å². The molecule has 106 valence electrons. The second-order valence-electron chi connectivity index (χ2n) is 4.67. The van der Waals surface area contributed by atoms with Crippen LogP contribution in [0.2, 0.25) is 0 Å². The predicted octanol–water partition coefficient (Wildman–Crippen LogP) is 2.04. The number of carboxylic acids is 1. The maximum Gasteiger partial charge on any atom is 0.317 e.